The highest BCUT2D eigenvalue weighted by molar-refractivity contribution is 6.32. The topological polar surface area (TPSA) is 91.4 Å². The molecule has 2 aromatic carbocycles. The summed E-state index contributed by atoms with van der Waals surface area (Å²) in [6.45, 7) is 5.91. The Kier molecular flexibility index (Phi) is 7.09. The Balaban J connectivity index is 1.90. The first-order valence-corrected chi connectivity index (χ1v) is 9.89. The lowest BCUT2D eigenvalue weighted by molar-refractivity contribution is -0.119. The first kappa shape index (κ1) is 21.1. The second-order valence-corrected chi connectivity index (χ2v) is 6.97. The molecule has 0 spiro atoms. The third-order valence-electron chi connectivity index (χ3n) is 4.52. The van der Waals surface area contributed by atoms with Gasteiger partial charge in [-0.3, -0.25) is 10.1 Å². The van der Waals surface area contributed by atoms with Crippen molar-refractivity contribution >= 4 is 28.5 Å². The van der Waals surface area contributed by atoms with Gasteiger partial charge in [0.2, 0.25) is 5.91 Å². The molecule has 3 aromatic rings. The zero-order valence-electron chi connectivity index (χ0n) is 16.5. The van der Waals surface area contributed by atoms with E-state index in [1.807, 2.05) is 43.3 Å². The lowest BCUT2D eigenvalue weighted by Crippen LogP contribution is -2.38. The number of fused-ring (bicyclic) bond motifs is 1. The molecule has 29 heavy (non-hydrogen) atoms. The normalized spacial score (nSPS) is 12.2. The summed E-state index contributed by atoms with van der Waals surface area (Å²) in [5.74, 6) is 1.64. The highest BCUT2D eigenvalue weighted by Crippen LogP contribution is 2.31. The Morgan fingerprint density at radius 1 is 1.31 bits per heavy atom. The maximum absolute atomic E-state index is 11.3. The van der Waals surface area contributed by atoms with E-state index in [2.05, 4.69) is 9.88 Å². The number of halogens is 1. The van der Waals surface area contributed by atoms with Crippen LogP contribution in [0.3, 0.4) is 0 Å². The van der Waals surface area contributed by atoms with E-state index in [-0.39, 0.29) is 0 Å². The second kappa shape index (κ2) is 9.73. The van der Waals surface area contributed by atoms with Crippen LogP contribution in [0.15, 0.2) is 42.5 Å². The molecule has 3 N–H and O–H groups in total. The lowest BCUT2D eigenvalue weighted by Gasteiger charge is -2.13. The number of rotatable bonds is 10. The van der Waals surface area contributed by atoms with E-state index in [0.717, 1.165) is 16.9 Å². The highest BCUT2D eigenvalue weighted by atomic mass is 35.5. The van der Waals surface area contributed by atoms with Crippen molar-refractivity contribution < 1.29 is 14.3 Å². The van der Waals surface area contributed by atoms with Crippen LogP contribution in [0.2, 0.25) is 5.02 Å². The molecule has 7 nitrogen and oxygen atoms in total. The van der Waals surface area contributed by atoms with E-state index >= 15 is 0 Å². The van der Waals surface area contributed by atoms with Gasteiger partial charge < -0.3 is 19.8 Å². The molecule has 154 valence electrons. The number of amides is 1. The molecule has 0 aliphatic rings. The summed E-state index contributed by atoms with van der Waals surface area (Å²) in [5, 5.41) is 3.65. The third kappa shape index (κ3) is 5.26. The molecular formula is C21H25ClN4O3. The van der Waals surface area contributed by atoms with Crippen LogP contribution in [0.4, 0.5) is 0 Å². The van der Waals surface area contributed by atoms with Crippen molar-refractivity contribution in [1.29, 1.82) is 0 Å². The molecule has 0 radical (unpaired) electrons. The van der Waals surface area contributed by atoms with Crippen LogP contribution in [0.25, 0.3) is 11.0 Å². The van der Waals surface area contributed by atoms with E-state index in [0.29, 0.717) is 42.8 Å². The number of carbonyl (C=O) groups is 1. The van der Waals surface area contributed by atoms with Crippen molar-refractivity contribution in [2.45, 2.75) is 33.0 Å². The monoisotopic (exact) mass is 416 g/mol. The van der Waals surface area contributed by atoms with Crippen LogP contribution in [0, 0.1) is 0 Å². The minimum absolute atomic E-state index is 0.405. The molecular weight excluding hydrogens is 392 g/mol. The minimum atomic E-state index is -0.450. The molecule has 1 heterocycles. The van der Waals surface area contributed by atoms with Crippen molar-refractivity contribution in [1.82, 2.24) is 14.9 Å². The summed E-state index contributed by atoms with van der Waals surface area (Å²) < 4.78 is 13.5. The fraction of sp³-hybridized carbons (Fsp3) is 0.333. The van der Waals surface area contributed by atoms with Gasteiger partial charge in [-0.1, -0.05) is 23.7 Å². The molecule has 1 aromatic heterocycles. The maximum Gasteiger partial charge on any atom is 0.234 e. The SMILES string of the molecule is CCOCCn1c(CN[C@@H](C)C(N)=O)nc2ccc(Oc3ccccc3Cl)cc21. The molecule has 0 aliphatic heterocycles. The number of nitrogens with zero attached hydrogens (tertiary/aromatic N) is 2. The Bertz CT molecular complexity index is 989. The molecule has 0 saturated carbocycles. The number of imidazole rings is 1. The highest BCUT2D eigenvalue weighted by Gasteiger charge is 2.15. The third-order valence-corrected chi connectivity index (χ3v) is 4.83. The quantitative estimate of drug-likeness (QED) is 0.494. The first-order chi connectivity index (χ1) is 14.0. The van der Waals surface area contributed by atoms with Crippen LogP contribution in [0.5, 0.6) is 11.5 Å². The van der Waals surface area contributed by atoms with Gasteiger partial charge in [-0.15, -0.1) is 0 Å². The summed E-state index contributed by atoms with van der Waals surface area (Å²) in [7, 11) is 0. The van der Waals surface area contributed by atoms with Gasteiger partial charge in [-0.2, -0.15) is 0 Å². The van der Waals surface area contributed by atoms with Crippen molar-refractivity contribution in [3.8, 4) is 11.5 Å². The molecule has 8 heteroatoms. The summed E-state index contributed by atoms with van der Waals surface area (Å²) in [5.41, 5.74) is 7.09. The molecule has 0 fully saturated rings. The first-order valence-electron chi connectivity index (χ1n) is 9.51. The number of nitrogens with one attached hydrogen (secondary N) is 1. The van der Waals surface area contributed by atoms with Gasteiger partial charge in [0.1, 0.15) is 17.3 Å². The molecule has 1 amide bonds. The van der Waals surface area contributed by atoms with Crippen LogP contribution in [-0.2, 0) is 22.6 Å². The molecule has 0 bridgehead atoms. The van der Waals surface area contributed by atoms with Gasteiger partial charge in [-0.25, -0.2) is 4.98 Å². The van der Waals surface area contributed by atoms with E-state index in [1.165, 1.54) is 0 Å². The van der Waals surface area contributed by atoms with Gasteiger partial charge in [-0.05, 0) is 38.1 Å². The number of hydrogen-bond donors (Lipinski definition) is 2. The van der Waals surface area contributed by atoms with Crippen LogP contribution < -0.4 is 15.8 Å². The number of carbonyl (C=O) groups excluding carboxylic acids is 1. The summed E-state index contributed by atoms with van der Waals surface area (Å²) in [6.07, 6.45) is 0. The number of primary amides is 1. The molecule has 3 rings (SSSR count). The largest absolute Gasteiger partial charge is 0.456 e. The predicted octanol–water partition coefficient (Wildman–Crippen LogP) is 3.48. The molecule has 1 atom stereocenters. The van der Waals surface area contributed by atoms with Gasteiger partial charge >= 0.3 is 0 Å². The minimum Gasteiger partial charge on any atom is -0.456 e. The average molecular weight is 417 g/mol. The van der Waals surface area contributed by atoms with Gasteiger partial charge in [0.25, 0.3) is 0 Å². The number of aromatic nitrogens is 2. The smallest absolute Gasteiger partial charge is 0.234 e. The summed E-state index contributed by atoms with van der Waals surface area (Å²) in [4.78, 5) is 16.0. The van der Waals surface area contributed by atoms with E-state index < -0.39 is 11.9 Å². The number of benzene rings is 2. The Hall–Kier alpha value is -2.61. The predicted molar refractivity (Wildman–Crippen MR) is 113 cm³/mol. The number of hydrogen-bond acceptors (Lipinski definition) is 5. The maximum atomic E-state index is 11.3. The van der Waals surface area contributed by atoms with Crippen molar-refractivity contribution in [3.63, 3.8) is 0 Å². The number of nitrogens with two attached hydrogens (primary N) is 1. The van der Waals surface area contributed by atoms with E-state index in [1.54, 1.807) is 13.0 Å². The summed E-state index contributed by atoms with van der Waals surface area (Å²) >= 11 is 6.20. The number of para-hydroxylation sites is 1. The zero-order valence-corrected chi connectivity index (χ0v) is 17.3. The van der Waals surface area contributed by atoms with Crippen LogP contribution in [0.1, 0.15) is 19.7 Å². The average Bonchev–Trinajstić information content (AvgIpc) is 3.05. The van der Waals surface area contributed by atoms with Gasteiger partial charge in [0, 0.05) is 19.2 Å². The van der Waals surface area contributed by atoms with Crippen LogP contribution in [-0.4, -0.2) is 34.7 Å². The van der Waals surface area contributed by atoms with E-state index in [9.17, 15) is 4.79 Å². The second-order valence-electron chi connectivity index (χ2n) is 6.56. The van der Waals surface area contributed by atoms with Crippen LogP contribution >= 0.6 is 11.6 Å². The van der Waals surface area contributed by atoms with E-state index in [4.69, 9.17) is 31.8 Å². The van der Waals surface area contributed by atoms with Crippen molar-refractivity contribution in [2.75, 3.05) is 13.2 Å². The zero-order chi connectivity index (χ0) is 20.8. The Morgan fingerprint density at radius 3 is 2.83 bits per heavy atom. The van der Waals surface area contributed by atoms with Crippen molar-refractivity contribution in [2.24, 2.45) is 5.73 Å². The Labute approximate surface area is 174 Å². The standard InChI is InChI=1S/C21H25ClN4O3/c1-3-28-11-10-26-18-12-15(29-19-7-5-4-6-16(19)22)8-9-17(18)25-20(26)13-24-14(2)21(23)27/h4-9,12,14,24H,3,10-11,13H2,1-2H3,(H2,23,27)/t14-/m0/s1. The molecule has 0 unspecified atom stereocenters. The van der Waals surface area contributed by atoms with Crippen molar-refractivity contribution in [3.05, 3.63) is 53.3 Å². The number of ether oxygens (including phenoxy) is 2. The fourth-order valence-corrected chi connectivity index (χ4v) is 3.07. The molecule has 0 aliphatic carbocycles. The summed E-state index contributed by atoms with van der Waals surface area (Å²) in [6, 6.07) is 12.6. The lowest BCUT2D eigenvalue weighted by atomic mass is 10.3. The van der Waals surface area contributed by atoms with Gasteiger partial charge in [0.15, 0.2) is 0 Å². The molecule has 0 saturated heterocycles. The Morgan fingerprint density at radius 2 is 2.10 bits per heavy atom. The fourth-order valence-electron chi connectivity index (χ4n) is 2.90. The van der Waals surface area contributed by atoms with Gasteiger partial charge in [0.05, 0.1) is 35.2 Å².